The van der Waals surface area contributed by atoms with E-state index in [1.165, 1.54) is 12.0 Å². The van der Waals surface area contributed by atoms with E-state index in [9.17, 15) is 4.79 Å². The normalized spacial score (nSPS) is 14.5. The molecule has 0 bridgehead atoms. The van der Waals surface area contributed by atoms with Crippen molar-refractivity contribution in [3.05, 3.63) is 53.9 Å². The summed E-state index contributed by atoms with van der Waals surface area (Å²) in [5.41, 5.74) is 9.24. The summed E-state index contributed by atoms with van der Waals surface area (Å²) in [6.45, 7) is 2.68. The molecule has 120 valence electrons. The number of piperidine rings is 1. The predicted molar refractivity (Wildman–Crippen MR) is 92.6 cm³/mol. The van der Waals surface area contributed by atoms with Crippen LogP contribution in [0.25, 0.3) is 0 Å². The third-order valence-corrected chi connectivity index (χ3v) is 4.21. The number of pyridine rings is 1. The van der Waals surface area contributed by atoms with Crippen LogP contribution in [0.2, 0.25) is 0 Å². The lowest BCUT2D eigenvalue weighted by molar-refractivity contribution is 0.100. The van der Waals surface area contributed by atoms with Crippen molar-refractivity contribution in [3.63, 3.8) is 0 Å². The Morgan fingerprint density at radius 2 is 1.87 bits per heavy atom. The van der Waals surface area contributed by atoms with Gasteiger partial charge in [-0.2, -0.15) is 0 Å². The third-order valence-electron chi connectivity index (χ3n) is 4.21. The topological polar surface area (TPSA) is 71.2 Å². The minimum absolute atomic E-state index is 0.369. The zero-order chi connectivity index (χ0) is 16.1. The number of rotatable bonds is 5. The van der Waals surface area contributed by atoms with Gasteiger partial charge in [0.25, 0.3) is 5.91 Å². The van der Waals surface area contributed by atoms with Crippen molar-refractivity contribution in [2.24, 2.45) is 5.73 Å². The first-order chi connectivity index (χ1) is 11.2. The minimum Gasteiger partial charge on any atom is -0.381 e. The summed E-state index contributed by atoms with van der Waals surface area (Å²) in [7, 11) is 0. The molecule has 0 atom stereocenters. The molecule has 0 aliphatic carbocycles. The Morgan fingerprint density at radius 1 is 1.13 bits per heavy atom. The maximum atomic E-state index is 11.7. The number of aromatic nitrogens is 1. The van der Waals surface area contributed by atoms with Gasteiger partial charge in [-0.05, 0) is 55.2 Å². The molecule has 1 aliphatic rings. The van der Waals surface area contributed by atoms with Gasteiger partial charge in [0.15, 0.2) is 0 Å². The first-order valence-corrected chi connectivity index (χ1v) is 8.05. The zero-order valence-corrected chi connectivity index (χ0v) is 13.2. The first kappa shape index (κ1) is 15.3. The standard InChI is InChI=1S/C18H22N4O/c19-18(23)16-5-4-15(21-13-14-6-8-20-9-7-14)12-17(16)22-10-2-1-3-11-22/h4-9,12,21H,1-3,10-11,13H2,(H2,19,23). The molecule has 3 N–H and O–H groups in total. The average Bonchev–Trinajstić information content (AvgIpc) is 2.61. The summed E-state index contributed by atoms with van der Waals surface area (Å²) in [5.74, 6) is -0.369. The molecule has 1 aliphatic heterocycles. The first-order valence-electron chi connectivity index (χ1n) is 8.05. The van der Waals surface area contributed by atoms with Crippen LogP contribution in [0.5, 0.6) is 0 Å². The Bertz CT molecular complexity index is 666. The summed E-state index contributed by atoms with van der Waals surface area (Å²) in [4.78, 5) is 18.0. The second-order valence-electron chi connectivity index (χ2n) is 5.85. The summed E-state index contributed by atoms with van der Waals surface area (Å²) in [6, 6.07) is 9.73. The van der Waals surface area contributed by atoms with E-state index in [4.69, 9.17) is 5.73 Å². The van der Waals surface area contributed by atoms with Crippen molar-refractivity contribution in [3.8, 4) is 0 Å². The van der Waals surface area contributed by atoms with Crippen LogP contribution in [-0.2, 0) is 6.54 Å². The number of carbonyl (C=O) groups is 1. The highest BCUT2D eigenvalue weighted by Gasteiger charge is 2.17. The number of hydrogen-bond donors (Lipinski definition) is 2. The van der Waals surface area contributed by atoms with Crippen LogP contribution in [0.1, 0.15) is 35.2 Å². The lowest BCUT2D eigenvalue weighted by Crippen LogP contribution is -2.31. The molecule has 1 amide bonds. The Kier molecular flexibility index (Phi) is 4.76. The molecule has 2 heterocycles. The molecule has 0 radical (unpaired) electrons. The van der Waals surface area contributed by atoms with Crippen molar-refractivity contribution < 1.29 is 4.79 Å². The summed E-state index contributed by atoms with van der Waals surface area (Å²) < 4.78 is 0. The van der Waals surface area contributed by atoms with Gasteiger partial charge < -0.3 is 16.0 Å². The number of nitrogens with one attached hydrogen (secondary N) is 1. The number of nitrogens with zero attached hydrogens (tertiary/aromatic N) is 2. The quantitative estimate of drug-likeness (QED) is 0.891. The van der Waals surface area contributed by atoms with Gasteiger partial charge in [-0.15, -0.1) is 0 Å². The second-order valence-corrected chi connectivity index (χ2v) is 5.85. The number of nitrogens with two attached hydrogens (primary N) is 1. The van der Waals surface area contributed by atoms with Crippen LogP contribution in [0.4, 0.5) is 11.4 Å². The average molecular weight is 310 g/mol. The maximum absolute atomic E-state index is 11.7. The van der Waals surface area contributed by atoms with Crippen LogP contribution in [0.15, 0.2) is 42.7 Å². The molecule has 0 unspecified atom stereocenters. The molecule has 2 aromatic rings. The van der Waals surface area contributed by atoms with Gasteiger partial charge in [-0.3, -0.25) is 9.78 Å². The summed E-state index contributed by atoms with van der Waals surface area (Å²) in [6.07, 6.45) is 7.14. The largest absolute Gasteiger partial charge is 0.381 e. The van der Waals surface area contributed by atoms with E-state index in [2.05, 4.69) is 15.2 Å². The Morgan fingerprint density at radius 3 is 2.57 bits per heavy atom. The van der Waals surface area contributed by atoms with E-state index < -0.39 is 0 Å². The van der Waals surface area contributed by atoms with Crippen LogP contribution < -0.4 is 16.0 Å². The van der Waals surface area contributed by atoms with Crippen molar-refractivity contribution in [1.29, 1.82) is 0 Å². The van der Waals surface area contributed by atoms with Gasteiger partial charge in [0.1, 0.15) is 0 Å². The fourth-order valence-electron chi connectivity index (χ4n) is 2.95. The molecule has 1 aromatic carbocycles. The molecule has 1 aromatic heterocycles. The highest BCUT2D eigenvalue weighted by molar-refractivity contribution is 5.99. The predicted octanol–water partition coefficient (Wildman–Crippen LogP) is 2.78. The van der Waals surface area contributed by atoms with E-state index in [1.54, 1.807) is 12.4 Å². The number of primary amides is 1. The van der Waals surface area contributed by atoms with Crippen molar-refractivity contribution in [2.45, 2.75) is 25.8 Å². The lowest BCUT2D eigenvalue weighted by atomic mass is 10.1. The van der Waals surface area contributed by atoms with Gasteiger partial charge in [0.05, 0.1) is 11.3 Å². The molecule has 5 nitrogen and oxygen atoms in total. The highest BCUT2D eigenvalue weighted by atomic mass is 16.1. The van der Waals surface area contributed by atoms with Gasteiger partial charge in [-0.25, -0.2) is 0 Å². The van der Waals surface area contributed by atoms with Gasteiger partial charge in [0.2, 0.25) is 0 Å². The zero-order valence-electron chi connectivity index (χ0n) is 13.2. The molecule has 1 saturated heterocycles. The second kappa shape index (κ2) is 7.13. The Hall–Kier alpha value is -2.56. The maximum Gasteiger partial charge on any atom is 0.250 e. The summed E-state index contributed by atoms with van der Waals surface area (Å²) >= 11 is 0. The van der Waals surface area contributed by atoms with E-state index in [-0.39, 0.29) is 5.91 Å². The fourth-order valence-corrected chi connectivity index (χ4v) is 2.95. The summed E-state index contributed by atoms with van der Waals surface area (Å²) in [5, 5.41) is 3.40. The molecule has 1 fully saturated rings. The van der Waals surface area contributed by atoms with E-state index >= 15 is 0 Å². The lowest BCUT2D eigenvalue weighted by Gasteiger charge is -2.30. The SMILES string of the molecule is NC(=O)c1ccc(NCc2ccncc2)cc1N1CCCCC1. The van der Waals surface area contributed by atoms with E-state index in [0.29, 0.717) is 5.56 Å². The number of hydrogen-bond acceptors (Lipinski definition) is 4. The molecular weight excluding hydrogens is 288 g/mol. The van der Waals surface area contributed by atoms with Gasteiger partial charge in [0, 0.05) is 37.7 Å². The molecule has 0 saturated carbocycles. The Labute approximate surface area is 136 Å². The van der Waals surface area contributed by atoms with Gasteiger partial charge in [-0.1, -0.05) is 0 Å². The van der Waals surface area contributed by atoms with Crippen LogP contribution in [0, 0.1) is 0 Å². The smallest absolute Gasteiger partial charge is 0.250 e. The molecule has 3 rings (SSSR count). The number of carbonyl (C=O) groups excluding carboxylic acids is 1. The van der Waals surface area contributed by atoms with Crippen molar-refractivity contribution in [1.82, 2.24) is 4.98 Å². The molecular formula is C18H22N4O. The molecule has 5 heteroatoms. The Balaban J connectivity index is 1.80. The molecule has 0 spiro atoms. The molecule has 23 heavy (non-hydrogen) atoms. The fraction of sp³-hybridized carbons (Fsp3) is 0.333. The number of benzene rings is 1. The minimum atomic E-state index is -0.369. The van der Waals surface area contributed by atoms with E-state index in [1.807, 2.05) is 30.3 Å². The monoisotopic (exact) mass is 310 g/mol. The van der Waals surface area contributed by atoms with Crippen LogP contribution >= 0.6 is 0 Å². The van der Waals surface area contributed by atoms with Crippen molar-refractivity contribution >= 4 is 17.3 Å². The van der Waals surface area contributed by atoms with Crippen LogP contribution in [-0.4, -0.2) is 24.0 Å². The van der Waals surface area contributed by atoms with E-state index in [0.717, 1.165) is 43.9 Å². The number of anilines is 2. The highest BCUT2D eigenvalue weighted by Crippen LogP contribution is 2.27. The third kappa shape index (κ3) is 3.80. The number of amides is 1. The van der Waals surface area contributed by atoms with Crippen LogP contribution in [0.3, 0.4) is 0 Å². The van der Waals surface area contributed by atoms with Crippen molar-refractivity contribution in [2.75, 3.05) is 23.3 Å². The van der Waals surface area contributed by atoms with Gasteiger partial charge >= 0.3 is 0 Å².